The highest BCUT2D eigenvalue weighted by atomic mass is 16.5. The molecule has 0 aromatic rings. The highest BCUT2D eigenvalue weighted by Gasteiger charge is 2.38. The molecule has 0 N–H and O–H groups in total. The molecule has 0 aliphatic heterocycles. The van der Waals surface area contributed by atoms with E-state index in [-0.39, 0.29) is 24.8 Å². The van der Waals surface area contributed by atoms with Crippen LogP contribution < -0.4 is 0 Å². The molecule has 0 bridgehead atoms. The van der Waals surface area contributed by atoms with Gasteiger partial charge in [-0.15, -0.1) is 0 Å². The SMILES string of the molecule is COC(=O)CCN(C)CC(=O)N(C)C1(C#N)CCCCC1. The first-order valence-corrected chi connectivity index (χ1v) is 7.38. The van der Waals surface area contributed by atoms with Gasteiger partial charge in [0, 0.05) is 13.6 Å². The van der Waals surface area contributed by atoms with E-state index in [9.17, 15) is 14.9 Å². The van der Waals surface area contributed by atoms with E-state index in [2.05, 4.69) is 10.8 Å². The minimum absolute atomic E-state index is 0.0779. The highest BCUT2D eigenvalue weighted by molar-refractivity contribution is 5.79. The number of hydrogen-bond acceptors (Lipinski definition) is 5. The predicted octanol–water partition coefficient (Wildman–Crippen LogP) is 1.17. The molecule has 1 rings (SSSR count). The molecular formula is C15H25N3O3. The van der Waals surface area contributed by atoms with E-state index in [1.54, 1.807) is 23.9 Å². The van der Waals surface area contributed by atoms with Gasteiger partial charge in [0.05, 0.1) is 26.1 Å². The third-order valence-electron chi connectivity index (χ3n) is 4.24. The van der Waals surface area contributed by atoms with Crippen LogP contribution in [0, 0.1) is 11.3 Å². The molecule has 0 saturated heterocycles. The Bertz CT molecular complexity index is 411. The van der Waals surface area contributed by atoms with Crippen LogP contribution in [0.25, 0.3) is 0 Å². The first-order chi connectivity index (χ1) is 9.95. The Labute approximate surface area is 126 Å². The first-order valence-electron chi connectivity index (χ1n) is 7.38. The molecule has 6 nitrogen and oxygen atoms in total. The third kappa shape index (κ3) is 4.71. The fourth-order valence-corrected chi connectivity index (χ4v) is 2.70. The molecular weight excluding hydrogens is 270 g/mol. The van der Waals surface area contributed by atoms with E-state index in [4.69, 9.17) is 0 Å². The molecule has 0 radical (unpaired) electrons. The molecule has 6 heteroatoms. The largest absolute Gasteiger partial charge is 0.469 e. The Morgan fingerprint density at radius 2 is 1.86 bits per heavy atom. The number of nitriles is 1. The quantitative estimate of drug-likeness (QED) is 0.688. The van der Waals surface area contributed by atoms with E-state index in [1.807, 2.05) is 0 Å². The van der Waals surface area contributed by atoms with Crippen molar-refractivity contribution in [1.82, 2.24) is 9.80 Å². The first kappa shape index (κ1) is 17.4. The monoisotopic (exact) mass is 295 g/mol. The van der Waals surface area contributed by atoms with Crippen LogP contribution in [-0.2, 0) is 14.3 Å². The maximum Gasteiger partial charge on any atom is 0.306 e. The Morgan fingerprint density at radius 1 is 1.24 bits per heavy atom. The molecule has 1 aliphatic rings. The number of esters is 1. The lowest BCUT2D eigenvalue weighted by Crippen LogP contribution is -2.52. The Kier molecular flexibility index (Phi) is 6.63. The van der Waals surface area contributed by atoms with Crippen LogP contribution in [0.4, 0.5) is 0 Å². The van der Waals surface area contributed by atoms with Gasteiger partial charge in [-0.05, 0) is 19.9 Å². The molecule has 0 spiro atoms. The van der Waals surface area contributed by atoms with E-state index in [1.165, 1.54) is 7.11 Å². The van der Waals surface area contributed by atoms with Gasteiger partial charge in [-0.2, -0.15) is 5.26 Å². The minimum Gasteiger partial charge on any atom is -0.469 e. The van der Waals surface area contributed by atoms with Crippen molar-refractivity contribution in [2.45, 2.75) is 44.1 Å². The van der Waals surface area contributed by atoms with Gasteiger partial charge in [0.15, 0.2) is 0 Å². The summed E-state index contributed by atoms with van der Waals surface area (Å²) in [6, 6.07) is 2.34. The number of carbonyl (C=O) groups is 2. The Hall–Kier alpha value is -1.61. The van der Waals surface area contributed by atoms with Gasteiger partial charge in [-0.1, -0.05) is 19.3 Å². The minimum atomic E-state index is -0.654. The average molecular weight is 295 g/mol. The summed E-state index contributed by atoms with van der Waals surface area (Å²) in [5.41, 5.74) is -0.654. The number of rotatable bonds is 6. The molecule has 0 atom stereocenters. The van der Waals surface area contributed by atoms with E-state index in [0.29, 0.717) is 6.54 Å². The van der Waals surface area contributed by atoms with Gasteiger partial charge >= 0.3 is 5.97 Å². The van der Waals surface area contributed by atoms with E-state index >= 15 is 0 Å². The normalized spacial score (nSPS) is 17.1. The zero-order chi connectivity index (χ0) is 15.9. The molecule has 1 amide bonds. The standard InChI is InChI=1S/C15H25N3O3/c1-17(10-7-14(20)21-3)11-13(19)18(2)15(12-16)8-5-4-6-9-15/h4-11H2,1-3H3. The van der Waals surface area contributed by atoms with Crippen molar-refractivity contribution in [2.24, 2.45) is 0 Å². The number of amides is 1. The summed E-state index contributed by atoms with van der Waals surface area (Å²) >= 11 is 0. The Morgan fingerprint density at radius 3 is 2.38 bits per heavy atom. The van der Waals surface area contributed by atoms with Crippen molar-refractivity contribution < 1.29 is 14.3 Å². The lowest BCUT2D eigenvalue weighted by atomic mass is 9.81. The van der Waals surface area contributed by atoms with E-state index in [0.717, 1.165) is 32.1 Å². The summed E-state index contributed by atoms with van der Waals surface area (Å²) in [6.07, 6.45) is 4.86. The summed E-state index contributed by atoms with van der Waals surface area (Å²) in [5.74, 6) is -0.366. The zero-order valence-electron chi connectivity index (χ0n) is 13.2. The second kappa shape index (κ2) is 7.99. The topological polar surface area (TPSA) is 73.6 Å². The van der Waals surface area contributed by atoms with Crippen LogP contribution >= 0.6 is 0 Å². The van der Waals surface area contributed by atoms with Crippen molar-refractivity contribution in [2.75, 3.05) is 34.3 Å². The number of hydrogen-bond donors (Lipinski definition) is 0. The van der Waals surface area contributed by atoms with Crippen LogP contribution in [0.5, 0.6) is 0 Å². The molecule has 0 heterocycles. The van der Waals surface area contributed by atoms with Crippen LogP contribution in [0.3, 0.4) is 0 Å². The summed E-state index contributed by atoms with van der Waals surface area (Å²) in [4.78, 5) is 26.8. The molecule has 0 aromatic carbocycles. The van der Waals surface area contributed by atoms with Crippen LogP contribution in [0.15, 0.2) is 0 Å². The van der Waals surface area contributed by atoms with Crippen LogP contribution in [0.2, 0.25) is 0 Å². The number of ether oxygens (including phenoxy) is 1. The molecule has 0 aromatic heterocycles. The summed E-state index contributed by atoms with van der Waals surface area (Å²) in [7, 11) is 4.85. The average Bonchev–Trinajstić information content (AvgIpc) is 2.52. The molecule has 21 heavy (non-hydrogen) atoms. The van der Waals surface area contributed by atoms with Crippen LogP contribution in [-0.4, -0.2) is 61.5 Å². The van der Waals surface area contributed by atoms with Gasteiger partial charge < -0.3 is 9.64 Å². The van der Waals surface area contributed by atoms with Gasteiger partial charge in [0.25, 0.3) is 0 Å². The van der Waals surface area contributed by atoms with Crippen molar-refractivity contribution in [3.8, 4) is 6.07 Å². The maximum atomic E-state index is 12.3. The summed E-state index contributed by atoms with van der Waals surface area (Å²) in [5, 5.41) is 9.48. The lowest BCUT2D eigenvalue weighted by molar-refractivity contribution is -0.142. The molecule has 1 aliphatic carbocycles. The van der Waals surface area contributed by atoms with Crippen molar-refractivity contribution in [3.63, 3.8) is 0 Å². The summed E-state index contributed by atoms with van der Waals surface area (Å²) in [6.45, 7) is 0.669. The maximum absolute atomic E-state index is 12.3. The number of carbonyl (C=O) groups excluding carboxylic acids is 2. The predicted molar refractivity (Wildman–Crippen MR) is 78.3 cm³/mol. The summed E-state index contributed by atoms with van der Waals surface area (Å²) < 4.78 is 4.58. The molecule has 118 valence electrons. The second-order valence-electron chi connectivity index (χ2n) is 5.72. The molecule has 1 fully saturated rings. The van der Waals surface area contributed by atoms with Crippen molar-refractivity contribution in [3.05, 3.63) is 0 Å². The third-order valence-corrected chi connectivity index (χ3v) is 4.24. The van der Waals surface area contributed by atoms with Gasteiger partial charge in [0.1, 0.15) is 5.54 Å². The lowest BCUT2D eigenvalue weighted by Gasteiger charge is -2.39. The number of likely N-dealkylation sites (N-methyl/N-ethyl adjacent to an activating group) is 2. The number of nitrogens with zero attached hydrogens (tertiary/aromatic N) is 3. The smallest absolute Gasteiger partial charge is 0.306 e. The molecule has 0 unspecified atom stereocenters. The van der Waals surface area contributed by atoms with Gasteiger partial charge in [0.2, 0.25) is 5.91 Å². The van der Waals surface area contributed by atoms with Crippen molar-refractivity contribution >= 4 is 11.9 Å². The zero-order valence-corrected chi connectivity index (χ0v) is 13.2. The molecule has 1 saturated carbocycles. The van der Waals surface area contributed by atoms with Gasteiger partial charge in [-0.3, -0.25) is 14.5 Å². The fourth-order valence-electron chi connectivity index (χ4n) is 2.70. The second-order valence-corrected chi connectivity index (χ2v) is 5.72. The van der Waals surface area contributed by atoms with Crippen molar-refractivity contribution in [1.29, 1.82) is 5.26 Å². The van der Waals surface area contributed by atoms with E-state index < -0.39 is 5.54 Å². The highest BCUT2D eigenvalue weighted by Crippen LogP contribution is 2.32. The van der Waals surface area contributed by atoms with Gasteiger partial charge in [-0.25, -0.2) is 0 Å². The fraction of sp³-hybridized carbons (Fsp3) is 0.800. The van der Waals surface area contributed by atoms with Crippen LogP contribution in [0.1, 0.15) is 38.5 Å². The number of methoxy groups -OCH3 is 1. The Balaban J connectivity index is 2.53.